The molecule has 150 valence electrons. The number of halogens is 1. The van der Waals surface area contributed by atoms with Crippen LogP contribution in [0.3, 0.4) is 0 Å². The minimum Gasteiger partial charge on any atom is -0.411 e. The lowest BCUT2D eigenvalue weighted by molar-refractivity contribution is 0.112. The molecule has 4 rings (SSSR count). The number of nitrogens with zero attached hydrogens (tertiary/aromatic N) is 3. The molecule has 6 heteroatoms. The summed E-state index contributed by atoms with van der Waals surface area (Å²) in [5.74, 6) is 0. The number of rotatable bonds is 4. The predicted octanol–water partition coefficient (Wildman–Crippen LogP) is 5.54. The van der Waals surface area contributed by atoms with Gasteiger partial charge in [0.1, 0.15) is 6.29 Å². The second-order valence-corrected chi connectivity index (χ2v) is 6.09. The first-order valence-electron chi connectivity index (χ1n) is 8.93. The van der Waals surface area contributed by atoms with Gasteiger partial charge in [0.2, 0.25) is 0 Å². The quantitative estimate of drug-likeness (QED) is 0.205. The summed E-state index contributed by atoms with van der Waals surface area (Å²) in [4.78, 5) is 18.5. The normalized spacial score (nSPS) is 9.87. The highest BCUT2D eigenvalue weighted by Crippen LogP contribution is 2.19. The third-order valence-electron chi connectivity index (χ3n) is 4.14. The van der Waals surface area contributed by atoms with Crippen LogP contribution >= 0.6 is 12.4 Å². The Morgan fingerprint density at radius 3 is 1.60 bits per heavy atom. The lowest BCUT2D eigenvalue weighted by Gasteiger charge is -2.01. The van der Waals surface area contributed by atoms with Gasteiger partial charge in [-0.15, -0.1) is 12.4 Å². The molecule has 0 saturated carbocycles. The smallest absolute Gasteiger partial charge is 0.150 e. The predicted molar refractivity (Wildman–Crippen MR) is 121 cm³/mol. The van der Waals surface area contributed by atoms with E-state index in [9.17, 15) is 4.79 Å². The van der Waals surface area contributed by atoms with Gasteiger partial charge in [-0.1, -0.05) is 41.6 Å². The van der Waals surface area contributed by atoms with E-state index in [0.29, 0.717) is 5.56 Å². The van der Waals surface area contributed by atoms with Gasteiger partial charge in [0.15, 0.2) is 0 Å². The average molecular weight is 418 g/mol. The van der Waals surface area contributed by atoms with Gasteiger partial charge in [-0.3, -0.25) is 14.8 Å². The molecule has 5 nitrogen and oxygen atoms in total. The Balaban J connectivity index is 0.000000207. The number of oxime groups is 1. The van der Waals surface area contributed by atoms with Gasteiger partial charge >= 0.3 is 0 Å². The van der Waals surface area contributed by atoms with Crippen molar-refractivity contribution in [3.63, 3.8) is 0 Å². The summed E-state index contributed by atoms with van der Waals surface area (Å²) in [5.41, 5.74) is 5.85. The fraction of sp³-hybridized carbons (Fsp3) is 0. The van der Waals surface area contributed by atoms with Gasteiger partial charge in [0, 0.05) is 30.4 Å². The van der Waals surface area contributed by atoms with E-state index < -0.39 is 0 Å². The number of carbonyl (C=O) groups is 1. The van der Waals surface area contributed by atoms with Crippen molar-refractivity contribution in [2.75, 3.05) is 0 Å². The van der Waals surface area contributed by atoms with Gasteiger partial charge in [0.05, 0.1) is 6.21 Å². The zero-order chi connectivity index (χ0) is 20.3. The Kier molecular flexibility index (Phi) is 8.90. The standard InChI is InChI=1S/C12H10N2O.C12H9NO.ClH/c15-14-9-10-2-1-3-12(8-10)11-4-6-13-7-5-11;14-9-10-2-1-3-12(8-10)11-4-6-13-7-5-11;/h1-9,15H;1-9H;1H. The highest BCUT2D eigenvalue weighted by molar-refractivity contribution is 5.85. The van der Waals surface area contributed by atoms with Gasteiger partial charge in [-0.05, 0) is 64.2 Å². The van der Waals surface area contributed by atoms with Crippen molar-refractivity contribution >= 4 is 24.9 Å². The SMILES string of the molecule is Cl.O=Cc1cccc(-c2ccncc2)c1.ON=Cc1cccc(-c2ccncc2)c1. The molecule has 0 aliphatic carbocycles. The molecule has 30 heavy (non-hydrogen) atoms. The molecule has 0 saturated heterocycles. The van der Waals surface area contributed by atoms with Crippen molar-refractivity contribution in [2.45, 2.75) is 0 Å². The summed E-state index contributed by atoms with van der Waals surface area (Å²) in [5, 5.41) is 11.4. The van der Waals surface area contributed by atoms with E-state index in [0.717, 1.165) is 34.1 Å². The van der Waals surface area contributed by atoms with Crippen LogP contribution in [0.5, 0.6) is 0 Å². The molecule has 0 bridgehead atoms. The Labute approximate surface area is 181 Å². The zero-order valence-electron chi connectivity index (χ0n) is 16.0. The molecule has 1 N–H and O–H groups in total. The highest BCUT2D eigenvalue weighted by Gasteiger charge is 1.98. The number of hydrogen-bond donors (Lipinski definition) is 1. The maximum absolute atomic E-state index is 10.6. The van der Waals surface area contributed by atoms with Crippen LogP contribution in [-0.4, -0.2) is 27.7 Å². The molecule has 0 fully saturated rings. The van der Waals surface area contributed by atoms with Crippen LogP contribution in [0.2, 0.25) is 0 Å². The molecule has 4 aromatic rings. The van der Waals surface area contributed by atoms with Gasteiger partial charge in [-0.2, -0.15) is 0 Å². The van der Waals surface area contributed by atoms with E-state index in [-0.39, 0.29) is 12.4 Å². The second kappa shape index (κ2) is 11.9. The molecule has 0 aliphatic heterocycles. The monoisotopic (exact) mass is 417 g/mol. The maximum Gasteiger partial charge on any atom is 0.150 e. The molecule has 2 aromatic heterocycles. The Bertz CT molecular complexity index is 1090. The van der Waals surface area contributed by atoms with E-state index in [1.54, 1.807) is 30.9 Å². The van der Waals surface area contributed by atoms with E-state index in [1.807, 2.05) is 66.7 Å². The first-order chi connectivity index (χ1) is 14.3. The van der Waals surface area contributed by atoms with Crippen LogP contribution in [0, 0.1) is 0 Å². The molecule has 0 atom stereocenters. The molecule has 0 unspecified atom stereocenters. The Hall–Kier alpha value is -3.83. The van der Waals surface area contributed by atoms with Crippen molar-refractivity contribution < 1.29 is 10.0 Å². The number of aromatic nitrogens is 2. The Morgan fingerprint density at radius 1 is 0.667 bits per heavy atom. The van der Waals surface area contributed by atoms with Crippen LogP contribution in [0.25, 0.3) is 22.3 Å². The number of benzene rings is 2. The summed E-state index contributed by atoms with van der Waals surface area (Å²) >= 11 is 0. The molecule has 0 radical (unpaired) electrons. The third-order valence-corrected chi connectivity index (χ3v) is 4.14. The second-order valence-electron chi connectivity index (χ2n) is 6.09. The molecular weight excluding hydrogens is 398 g/mol. The molecule has 0 spiro atoms. The van der Waals surface area contributed by atoms with Crippen LogP contribution in [0.15, 0.2) is 103 Å². The number of carbonyl (C=O) groups excluding carboxylic acids is 1. The fourth-order valence-corrected chi connectivity index (χ4v) is 2.75. The minimum atomic E-state index is 0. The minimum absolute atomic E-state index is 0. The lowest BCUT2D eigenvalue weighted by Crippen LogP contribution is -1.83. The highest BCUT2D eigenvalue weighted by atomic mass is 35.5. The van der Waals surface area contributed by atoms with Crippen molar-refractivity contribution in [1.29, 1.82) is 0 Å². The molecule has 2 aromatic carbocycles. The third kappa shape index (κ3) is 6.36. The van der Waals surface area contributed by atoms with E-state index in [2.05, 4.69) is 15.1 Å². The molecule has 0 amide bonds. The summed E-state index contributed by atoms with van der Waals surface area (Å²) in [7, 11) is 0. The van der Waals surface area contributed by atoms with Crippen LogP contribution in [0.4, 0.5) is 0 Å². The lowest BCUT2D eigenvalue weighted by atomic mass is 10.1. The van der Waals surface area contributed by atoms with Crippen LogP contribution < -0.4 is 0 Å². The van der Waals surface area contributed by atoms with Gasteiger partial charge in [0.25, 0.3) is 0 Å². The number of pyridine rings is 2. The zero-order valence-corrected chi connectivity index (χ0v) is 16.8. The van der Waals surface area contributed by atoms with Crippen LogP contribution in [0.1, 0.15) is 15.9 Å². The Morgan fingerprint density at radius 2 is 1.13 bits per heavy atom. The topological polar surface area (TPSA) is 75.4 Å². The van der Waals surface area contributed by atoms with Gasteiger partial charge < -0.3 is 5.21 Å². The van der Waals surface area contributed by atoms with Crippen molar-refractivity contribution in [2.24, 2.45) is 5.16 Å². The van der Waals surface area contributed by atoms with E-state index in [1.165, 1.54) is 6.21 Å². The maximum atomic E-state index is 10.6. The first-order valence-corrected chi connectivity index (χ1v) is 8.93. The summed E-state index contributed by atoms with van der Waals surface area (Å²) in [6.07, 6.45) is 9.24. The van der Waals surface area contributed by atoms with Crippen molar-refractivity contribution in [3.8, 4) is 22.3 Å². The summed E-state index contributed by atoms with van der Waals surface area (Å²) < 4.78 is 0. The van der Waals surface area contributed by atoms with Gasteiger partial charge in [-0.25, -0.2) is 0 Å². The van der Waals surface area contributed by atoms with E-state index >= 15 is 0 Å². The number of aldehydes is 1. The average Bonchev–Trinajstić information content (AvgIpc) is 2.81. The fourth-order valence-electron chi connectivity index (χ4n) is 2.75. The first kappa shape index (κ1) is 22.5. The largest absolute Gasteiger partial charge is 0.411 e. The number of hydrogen-bond acceptors (Lipinski definition) is 5. The molecule has 0 aliphatic rings. The molecule has 2 heterocycles. The summed E-state index contributed by atoms with van der Waals surface area (Å²) in [6.45, 7) is 0. The van der Waals surface area contributed by atoms with E-state index in [4.69, 9.17) is 5.21 Å². The molecular formula is C24H20ClN3O2. The van der Waals surface area contributed by atoms with Crippen molar-refractivity contribution in [3.05, 3.63) is 109 Å². The van der Waals surface area contributed by atoms with Crippen molar-refractivity contribution in [1.82, 2.24) is 9.97 Å². The van der Waals surface area contributed by atoms with Crippen LogP contribution in [-0.2, 0) is 0 Å². The summed E-state index contributed by atoms with van der Waals surface area (Å²) in [6, 6.07) is 23.0.